The van der Waals surface area contributed by atoms with Gasteiger partial charge in [-0.25, -0.2) is 9.88 Å². The van der Waals surface area contributed by atoms with Crippen LogP contribution in [0.2, 0.25) is 0 Å². The summed E-state index contributed by atoms with van der Waals surface area (Å²) in [5, 5.41) is 0. The van der Waals surface area contributed by atoms with E-state index in [1.165, 1.54) is 18.5 Å². The molecule has 0 fully saturated rings. The number of imide groups is 1. The molecule has 0 aromatic carbocycles. The van der Waals surface area contributed by atoms with E-state index in [1.807, 2.05) is 0 Å². The highest BCUT2D eigenvalue weighted by Crippen LogP contribution is 2.25. The monoisotopic (exact) mass is 240 g/mol. The Balaban J connectivity index is 2.09. The first-order chi connectivity index (χ1) is 8.68. The first-order valence-corrected chi connectivity index (χ1v) is 5.24. The van der Waals surface area contributed by atoms with Gasteiger partial charge in [0.1, 0.15) is 11.5 Å². The summed E-state index contributed by atoms with van der Waals surface area (Å²) in [6.45, 7) is 0. The Bertz CT molecular complexity index is 616. The van der Waals surface area contributed by atoms with Gasteiger partial charge in [-0.3, -0.25) is 14.6 Å². The molecule has 3 heterocycles. The number of nitrogens with two attached hydrogens (primary N) is 1. The maximum atomic E-state index is 12.1. The second kappa shape index (κ2) is 3.63. The number of fused-ring (bicyclic) bond motifs is 1. The summed E-state index contributed by atoms with van der Waals surface area (Å²) < 4.78 is 0. The fraction of sp³-hybridized carbons (Fsp3) is 0. The molecule has 0 unspecified atom stereocenters. The second-order valence-electron chi connectivity index (χ2n) is 3.80. The van der Waals surface area contributed by atoms with Crippen molar-refractivity contribution in [3.63, 3.8) is 0 Å². The SMILES string of the molecule is Nc1ccc(N2C(=O)c3cccnc3C2=O)nc1. The minimum absolute atomic E-state index is 0.154. The summed E-state index contributed by atoms with van der Waals surface area (Å²) in [5.74, 6) is -0.634. The van der Waals surface area contributed by atoms with Crippen LogP contribution in [-0.4, -0.2) is 21.8 Å². The Morgan fingerprint density at radius 3 is 2.56 bits per heavy atom. The molecule has 2 N–H and O–H groups in total. The first-order valence-electron chi connectivity index (χ1n) is 5.24. The van der Waals surface area contributed by atoms with E-state index in [-0.39, 0.29) is 11.5 Å². The van der Waals surface area contributed by atoms with Crippen LogP contribution >= 0.6 is 0 Å². The van der Waals surface area contributed by atoms with Crippen LogP contribution in [0.4, 0.5) is 11.5 Å². The quantitative estimate of drug-likeness (QED) is 0.746. The molecule has 6 nitrogen and oxygen atoms in total. The minimum Gasteiger partial charge on any atom is -0.397 e. The molecule has 2 aromatic heterocycles. The van der Waals surface area contributed by atoms with Crippen LogP contribution in [0.25, 0.3) is 0 Å². The average molecular weight is 240 g/mol. The molecule has 6 heteroatoms. The van der Waals surface area contributed by atoms with Crippen LogP contribution in [0.15, 0.2) is 36.7 Å². The summed E-state index contributed by atoms with van der Waals surface area (Å²) in [5.41, 5.74) is 6.43. The fourth-order valence-corrected chi connectivity index (χ4v) is 1.80. The molecule has 0 atom stereocenters. The second-order valence-corrected chi connectivity index (χ2v) is 3.80. The molecule has 0 bridgehead atoms. The van der Waals surface area contributed by atoms with Gasteiger partial charge < -0.3 is 5.73 Å². The van der Waals surface area contributed by atoms with Crippen molar-refractivity contribution in [1.29, 1.82) is 0 Å². The van der Waals surface area contributed by atoms with Crippen LogP contribution in [0.5, 0.6) is 0 Å². The molecule has 0 saturated carbocycles. The van der Waals surface area contributed by atoms with E-state index in [1.54, 1.807) is 18.2 Å². The first kappa shape index (κ1) is 10.4. The highest BCUT2D eigenvalue weighted by atomic mass is 16.2. The van der Waals surface area contributed by atoms with Crippen molar-refractivity contribution in [3.8, 4) is 0 Å². The molecule has 3 rings (SSSR count). The van der Waals surface area contributed by atoms with E-state index in [9.17, 15) is 9.59 Å². The van der Waals surface area contributed by atoms with E-state index in [2.05, 4.69) is 9.97 Å². The maximum absolute atomic E-state index is 12.1. The van der Waals surface area contributed by atoms with Gasteiger partial charge in [-0.2, -0.15) is 0 Å². The van der Waals surface area contributed by atoms with E-state index >= 15 is 0 Å². The third-order valence-corrected chi connectivity index (χ3v) is 2.65. The lowest BCUT2D eigenvalue weighted by atomic mass is 10.2. The zero-order valence-corrected chi connectivity index (χ0v) is 9.20. The third-order valence-electron chi connectivity index (χ3n) is 2.65. The summed E-state index contributed by atoms with van der Waals surface area (Å²) in [4.78, 5) is 33.0. The fourth-order valence-electron chi connectivity index (χ4n) is 1.80. The van der Waals surface area contributed by atoms with Crippen molar-refractivity contribution in [2.24, 2.45) is 0 Å². The van der Waals surface area contributed by atoms with Crippen LogP contribution in [-0.2, 0) is 0 Å². The Morgan fingerprint density at radius 2 is 1.89 bits per heavy atom. The number of hydrogen-bond donors (Lipinski definition) is 1. The predicted molar refractivity (Wildman–Crippen MR) is 64.0 cm³/mol. The zero-order valence-electron chi connectivity index (χ0n) is 9.20. The lowest BCUT2D eigenvalue weighted by Crippen LogP contribution is -2.30. The number of nitrogen functional groups attached to an aromatic ring is 1. The van der Waals surface area contributed by atoms with Crippen molar-refractivity contribution in [2.45, 2.75) is 0 Å². The van der Waals surface area contributed by atoms with Crippen molar-refractivity contribution < 1.29 is 9.59 Å². The summed E-state index contributed by atoms with van der Waals surface area (Å²) in [7, 11) is 0. The summed E-state index contributed by atoms with van der Waals surface area (Å²) in [6.07, 6.45) is 2.87. The van der Waals surface area contributed by atoms with Gasteiger partial charge in [-0.1, -0.05) is 0 Å². The van der Waals surface area contributed by atoms with E-state index in [4.69, 9.17) is 5.73 Å². The molecule has 0 saturated heterocycles. The Hall–Kier alpha value is -2.76. The van der Waals surface area contributed by atoms with Gasteiger partial charge in [-0.15, -0.1) is 0 Å². The molecule has 0 spiro atoms. The van der Waals surface area contributed by atoms with Gasteiger partial charge in [0.25, 0.3) is 11.8 Å². The number of amides is 2. The summed E-state index contributed by atoms with van der Waals surface area (Å²) in [6, 6.07) is 6.29. The minimum atomic E-state index is -0.465. The van der Waals surface area contributed by atoms with E-state index in [0.29, 0.717) is 11.3 Å². The highest BCUT2D eigenvalue weighted by Gasteiger charge is 2.38. The standard InChI is InChI=1S/C12H8N4O2/c13-7-3-4-9(15-6-7)16-11(17)8-2-1-5-14-10(8)12(16)18/h1-6H,13H2. The van der Waals surface area contributed by atoms with Gasteiger partial charge in [0, 0.05) is 6.20 Å². The molecule has 1 aliphatic rings. The zero-order chi connectivity index (χ0) is 12.7. The Morgan fingerprint density at radius 1 is 1.06 bits per heavy atom. The number of carbonyl (C=O) groups excluding carboxylic acids is 2. The molecule has 88 valence electrons. The third kappa shape index (κ3) is 1.36. The largest absolute Gasteiger partial charge is 0.397 e. The van der Waals surface area contributed by atoms with Gasteiger partial charge in [0.2, 0.25) is 0 Å². The molecule has 0 radical (unpaired) electrons. The number of aromatic nitrogens is 2. The van der Waals surface area contributed by atoms with Crippen molar-refractivity contribution in [3.05, 3.63) is 47.9 Å². The predicted octanol–water partition coefficient (Wildman–Crippen LogP) is 0.859. The molecule has 2 aromatic rings. The average Bonchev–Trinajstić information content (AvgIpc) is 2.64. The van der Waals surface area contributed by atoms with Crippen LogP contribution < -0.4 is 10.6 Å². The highest BCUT2D eigenvalue weighted by molar-refractivity contribution is 6.33. The number of hydrogen-bond acceptors (Lipinski definition) is 5. The van der Waals surface area contributed by atoms with Crippen molar-refractivity contribution >= 4 is 23.3 Å². The van der Waals surface area contributed by atoms with Crippen LogP contribution in [0.3, 0.4) is 0 Å². The van der Waals surface area contributed by atoms with Crippen LogP contribution in [0.1, 0.15) is 20.8 Å². The number of rotatable bonds is 1. The molecule has 18 heavy (non-hydrogen) atoms. The van der Waals surface area contributed by atoms with Crippen LogP contribution in [0, 0.1) is 0 Å². The Labute approximate surface area is 102 Å². The van der Waals surface area contributed by atoms with Crippen molar-refractivity contribution in [2.75, 3.05) is 10.6 Å². The van der Waals surface area contributed by atoms with Gasteiger partial charge >= 0.3 is 0 Å². The molecule has 2 amide bonds. The topological polar surface area (TPSA) is 89.2 Å². The smallest absolute Gasteiger partial charge is 0.285 e. The van der Waals surface area contributed by atoms with Gasteiger partial charge in [-0.05, 0) is 24.3 Å². The van der Waals surface area contributed by atoms with Gasteiger partial charge in [0.15, 0.2) is 0 Å². The van der Waals surface area contributed by atoms with Crippen molar-refractivity contribution in [1.82, 2.24) is 9.97 Å². The number of pyridine rings is 2. The number of nitrogens with zero attached hydrogens (tertiary/aromatic N) is 3. The van der Waals surface area contributed by atoms with E-state index < -0.39 is 11.8 Å². The Kier molecular flexibility index (Phi) is 2.09. The molecule has 0 aliphatic carbocycles. The lowest BCUT2D eigenvalue weighted by molar-refractivity contribution is 0.0923. The normalized spacial score (nSPS) is 13.9. The summed E-state index contributed by atoms with van der Waals surface area (Å²) >= 11 is 0. The molecular weight excluding hydrogens is 232 g/mol. The van der Waals surface area contributed by atoms with Gasteiger partial charge in [0.05, 0.1) is 17.4 Å². The lowest BCUT2D eigenvalue weighted by Gasteiger charge is -2.11. The maximum Gasteiger partial charge on any atom is 0.285 e. The molecule has 1 aliphatic heterocycles. The number of carbonyl (C=O) groups is 2. The molecular formula is C12H8N4O2. The number of anilines is 2. The van der Waals surface area contributed by atoms with E-state index in [0.717, 1.165) is 4.90 Å².